The quantitative estimate of drug-likeness (QED) is 0.579. The topological polar surface area (TPSA) is 70.0 Å². The van der Waals surface area contributed by atoms with E-state index in [1.165, 1.54) is 33.7 Å². The van der Waals surface area contributed by atoms with Crippen molar-refractivity contribution in [2.45, 2.75) is 13.1 Å². The number of rotatable bonds is 3. The Morgan fingerprint density at radius 2 is 1.92 bits per heavy atom. The molecule has 0 aliphatic rings. The van der Waals surface area contributed by atoms with E-state index in [0.29, 0.717) is 22.0 Å². The lowest BCUT2D eigenvalue weighted by Gasteiger charge is -2.07. The lowest BCUT2D eigenvalue weighted by Crippen LogP contribution is -2.25. The van der Waals surface area contributed by atoms with Gasteiger partial charge in [-0.3, -0.25) is 13.9 Å². The van der Waals surface area contributed by atoms with Gasteiger partial charge >= 0.3 is 5.76 Å². The summed E-state index contributed by atoms with van der Waals surface area (Å²) in [6.07, 6.45) is 1.36. The van der Waals surface area contributed by atoms with Crippen molar-refractivity contribution in [1.29, 1.82) is 0 Å². The molecule has 0 spiro atoms. The third-order valence-corrected chi connectivity index (χ3v) is 3.93. The van der Waals surface area contributed by atoms with E-state index < -0.39 is 11.6 Å². The Morgan fingerprint density at radius 3 is 2.79 bits per heavy atom. The summed E-state index contributed by atoms with van der Waals surface area (Å²) in [6, 6.07) is 10.9. The van der Waals surface area contributed by atoms with Crippen molar-refractivity contribution in [2.75, 3.05) is 0 Å². The predicted octanol–water partition coefficient (Wildman–Crippen LogP) is 2.14. The number of halogens is 1. The highest BCUT2D eigenvalue weighted by molar-refractivity contribution is 5.77. The zero-order valence-corrected chi connectivity index (χ0v) is 12.5. The molecule has 0 fully saturated rings. The number of hydrogen-bond donors (Lipinski definition) is 0. The molecule has 0 saturated carbocycles. The molecule has 0 aliphatic carbocycles. The Balaban J connectivity index is 1.71. The number of fused-ring (bicyclic) bond motifs is 2. The third kappa shape index (κ3) is 2.30. The Bertz CT molecular complexity index is 1170. The summed E-state index contributed by atoms with van der Waals surface area (Å²) in [4.78, 5) is 28.5. The third-order valence-electron chi connectivity index (χ3n) is 3.93. The van der Waals surface area contributed by atoms with Crippen LogP contribution in [0.3, 0.4) is 0 Å². The van der Waals surface area contributed by atoms with Gasteiger partial charge in [-0.25, -0.2) is 14.2 Å². The van der Waals surface area contributed by atoms with Crippen LogP contribution in [0.2, 0.25) is 0 Å². The predicted molar refractivity (Wildman–Crippen MR) is 86.4 cm³/mol. The highest BCUT2D eigenvalue weighted by Gasteiger charge is 2.10. The molecular formula is C17H12FN3O3. The zero-order valence-electron chi connectivity index (χ0n) is 12.5. The van der Waals surface area contributed by atoms with Crippen LogP contribution in [0.5, 0.6) is 0 Å². The SMILES string of the molecule is O=c1c2ccc(F)cc2ncn1CCn1c(=O)oc2ccccc21. The fourth-order valence-electron chi connectivity index (χ4n) is 2.72. The largest absolute Gasteiger partial charge is 0.420 e. The number of benzene rings is 2. The summed E-state index contributed by atoms with van der Waals surface area (Å²) >= 11 is 0. The van der Waals surface area contributed by atoms with E-state index in [1.807, 2.05) is 6.07 Å². The molecule has 4 rings (SSSR count). The van der Waals surface area contributed by atoms with E-state index >= 15 is 0 Å². The summed E-state index contributed by atoms with van der Waals surface area (Å²) < 4.78 is 21.2. The molecule has 0 amide bonds. The number of aromatic nitrogens is 3. The molecule has 0 radical (unpaired) electrons. The Labute approximate surface area is 134 Å². The molecule has 0 bridgehead atoms. The number of para-hydroxylation sites is 2. The molecule has 2 aromatic carbocycles. The van der Waals surface area contributed by atoms with Crippen molar-refractivity contribution < 1.29 is 8.81 Å². The minimum atomic E-state index is -0.472. The van der Waals surface area contributed by atoms with Crippen LogP contribution in [0, 0.1) is 5.82 Å². The second-order valence-electron chi connectivity index (χ2n) is 5.39. The molecule has 2 aromatic heterocycles. The first-order chi connectivity index (χ1) is 11.6. The minimum absolute atomic E-state index is 0.253. The lowest BCUT2D eigenvalue weighted by molar-refractivity contribution is 0.480. The Hall–Kier alpha value is -3.22. The van der Waals surface area contributed by atoms with Crippen molar-refractivity contribution in [3.8, 4) is 0 Å². The fourth-order valence-corrected chi connectivity index (χ4v) is 2.72. The molecule has 0 N–H and O–H groups in total. The van der Waals surface area contributed by atoms with E-state index in [4.69, 9.17) is 4.42 Å². The molecule has 7 heteroatoms. The summed E-state index contributed by atoms with van der Waals surface area (Å²) in [6.45, 7) is 0.521. The first kappa shape index (κ1) is 14.4. The highest BCUT2D eigenvalue weighted by Crippen LogP contribution is 2.12. The number of oxazole rings is 1. The summed E-state index contributed by atoms with van der Waals surface area (Å²) in [5.74, 6) is -0.913. The van der Waals surface area contributed by atoms with E-state index in [2.05, 4.69) is 4.98 Å². The summed E-state index contributed by atoms with van der Waals surface area (Å²) in [5, 5.41) is 0.336. The van der Waals surface area contributed by atoms with Gasteiger partial charge in [0.1, 0.15) is 5.82 Å². The number of aryl methyl sites for hydroxylation is 2. The van der Waals surface area contributed by atoms with Crippen LogP contribution in [0.25, 0.3) is 22.0 Å². The van der Waals surface area contributed by atoms with Gasteiger partial charge in [0.25, 0.3) is 5.56 Å². The van der Waals surface area contributed by atoms with Crippen LogP contribution >= 0.6 is 0 Å². The Kier molecular flexibility index (Phi) is 3.26. The fraction of sp³-hybridized carbons (Fsp3) is 0.118. The first-order valence-electron chi connectivity index (χ1n) is 7.36. The molecule has 120 valence electrons. The maximum absolute atomic E-state index is 13.2. The maximum Gasteiger partial charge on any atom is 0.420 e. The zero-order chi connectivity index (χ0) is 16.7. The van der Waals surface area contributed by atoms with Gasteiger partial charge in [0.15, 0.2) is 5.58 Å². The van der Waals surface area contributed by atoms with Crippen molar-refractivity contribution >= 4 is 22.0 Å². The van der Waals surface area contributed by atoms with Gasteiger partial charge in [-0.2, -0.15) is 0 Å². The van der Waals surface area contributed by atoms with Crippen LogP contribution in [0.1, 0.15) is 0 Å². The normalized spacial score (nSPS) is 11.4. The van der Waals surface area contributed by atoms with Crippen molar-refractivity contribution in [1.82, 2.24) is 14.1 Å². The molecule has 24 heavy (non-hydrogen) atoms. The molecule has 2 heterocycles. The monoisotopic (exact) mass is 325 g/mol. The van der Waals surface area contributed by atoms with Gasteiger partial charge in [0, 0.05) is 19.2 Å². The van der Waals surface area contributed by atoms with E-state index in [1.54, 1.807) is 18.2 Å². The van der Waals surface area contributed by atoms with Gasteiger partial charge < -0.3 is 4.42 Å². The van der Waals surface area contributed by atoms with Crippen LogP contribution in [-0.4, -0.2) is 14.1 Å². The number of nitrogens with zero attached hydrogens (tertiary/aromatic N) is 3. The molecule has 0 atom stereocenters. The van der Waals surface area contributed by atoms with Crippen LogP contribution in [0.4, 0.5) is 4.39 Å². The van der Waals surface area contributed by atoms with Crippen LogP contribution < -0.4 is 11.3 Å². The van der Waals surface area contributed by atoms with E-state index in [0.717, 1.165) is 0 Å². The Morgan fingerprint density at radius 1 is 1.08 bits per heavy atom. The van der Waals surface area contributed by atoms with E-state index in [9.17, 15) is 14.0 Å². The van der Waals surface area contributed by atoms with Crippen molar-refractivity contribution in [2.24, 2.45) is 0 Å². The van der Waals surface area contributed by atoms with Gasteiger partial charge in [-0.1, -0.05) is 12.1 Å². The molecule has 0 unspecified atom stereocenters. The molecular weight excluding hydrogens is 313 g/mol. The second-order valence-corrected chi connectivity index (χ2v) is 5.39. The van der Waals surface area contributed by atoms with Crippen LogP contribution in [-0.2, 0) is 13.1 Å². The maximum atomic E-state index is 13.2. The van der Waals surface area contributed by atoms with Crippen LogP contribution in [0.15, 0.2) is 62.8 Å². The molecule has 0 saturated heterocycles. The van der Waals surface area contributed by atoms with Gasteiger partial charge in [0.05, 0.1) is 22.7 Å². The summed E-state index contributed by atoms with van der Waals surface area (Å²) in [5.41, 5.74) is 1.20. The minimum Gasteiger partial charge on any atom is -0.408 e. The van der Waals surface area contributed by atoms with Crippen molar-refractivity contribution in [3.63, 3.8) is 0 Å². The van der Waals surface area contributed by atoms with Crippen molar-refractivity contribution in [3.05, 3.63) is 75.5 Å². The molecule has 0 aliphatic heterocycles. The van der Waals surface area contributed by atoms with E-state index in [-0.39, 0.29) is 18.6 Å². The van der Waals surface area contributed by atoms with Gasteiger partial charge in [0.2, 0.25) is 0 Å². The second kappa shape index (κ2) is 5.45. The standard InChI is InChI=1S/C17H12FN3O3/c18-11-5-6-12-13(9-11)19-10-20(16(12)22)7-8-21-14-3-1-2-4-15(14)24-17(21)23/h1-6,9-10H,7-8H2. The van der Waals surface area contributed by atoms with Gasteiger partial charge in [-0.15, -0.1) is 0 Å². The smallest absolute Gasteiger partial charge is 0.408 e. The number of hydrogen-bond acceptors (Lipinski definition) is 4. The van der Waals surface area contributed by atoms with Gasteiger partial charge in [-0.05, 0) is 24.3 Å². The lowest BCUT2D eigenvalue weighted by atomic mass is 10.2. The summed E-state index contributed by atoms with van der Waals surface area (Å²) in [7, 11) is 0. The molecule has 4 aromatic rings. The first-order valence-corrected chi connectivity index (χ1v) is 7.36. The highest BCUT2D eigenvalue weighted by atomic mass is 19.1. The average Bonchev–Trinajstić information content (AvgIpc) is 2.89. The average molecular weight is 325 g/mol. The molecule has 6 nitrogen and oxygen atoms in total.